The highest BCUT2D eigenvalue weighted by Gasteiger charge is 2.43. The highest BCUT2D eigenvalue weighted by Crippen LogP contribution is 2.31. The number of aryl methyl sites for hydroxylation is 1. The molecule has 2 aliphatic rings. The molecule has 34 heavy (non-hydrogen) atoms. The molecule has 2 aromatic rings. The Morgan fingerprint density at radius 3 is 2.74 bits per heavy atom. The second-order valence-corrected chi connectivity index (χ2v) is 8.68. The topological polar surface area (TPSA) is 104 Å². The van der Waals surface area contributed by atoms with Gasteiger partial charge in [-0.3, -0.25) is 9.59 Å². The van der Waals surface area contributed by atoms with Crippen LogP contribution in [0.3, 0.4) is 0 Å². The monoisotopic (exact) mass is 476 g/mol. The second-order valence-electron chi connectivity index (χ2n) is 8.68. The van der Waals surface area contributed by atoms with Crippen molar-refractivity contribution in [3.63, 3.8) is 0 Å². The first-order valence-electron chi connectivity index (χ1n) is 11.3. The number of anilines is 3. The van der Waals surface area contributed by atoms with Crippen LogP contribution in [0, 0.1) is 17.6 Å². The van der Waals surface area contributed by atoms with Crippen molar-refractivity contribution in [2.45, 2.75) is 44.7 Å². The zero-order valence-corrected chi connectivity index (χ0v) is 18.8. The van der Waals surface area contributed by atoms with Gasteiger partial charge in [0.25, 0.3) is 0 Å². The molecule has 2 aliphatic heterocycles. The summed E-state index contributed by atoms with van der Waals surface area (Å²) in [5.74, 6) is -2.90. The zero-order valence-electron chi connectivity index (χ0n) is 18.8. The van der Waals surface area contributed by atoms with Crippen molar-refractivity contribution in [1.82, 2.24) is 14.9 Å². The third-order valence-corrected chi connectivity index (χ3v) is 6.55. The van der Waals surface area contributed by atoms with Crippen LogP contribution in [0.25, 0.3) is 0 Å². The van der Waals surface area contributed by atoms with Gasteiger partial charge in [0.15, 0.2) is 11.6 Å². The van der Waals surface area contributed by atoms with Crippen LogP contribution in [-0.4, -0.2) is 58.5 Å². The third kappa shape index (κ3) is 4.78. The van der Waals surface area contributed by atoms with Crippen LogP contribution in [0.4, 0.5) is 30.5 Å². The van der Waals surface area contributed by atoms with Crippen LogP contribution in [-0.2, 0) is 16.0 Å². The van der Waals surface area contributed by atoms with E-state index >= 15 is 0 Å². The van der Waals surface area contributed by atoms with Crippen molar-refractivity contribution < 1.29 is 22.8 Å². The number of amides is 1. The van der Waals surface area contributed by atoms with Crippen molar-refractivity contribution in [2.75, 3.05) is 35.6 Å². The van der Waals surface area contributed by atoms with Crippen LogP contribution < -0.4 is 16.0 Å². The number of carbonyl (C=O) groups excluding carboxylic acids is 2. The fourth-order valence-electron chi connectivity index (χ4n) is 4.80. The van der Waals surface area contributed by atoms with Crippen molar-refractivity contribution in [3.8, 4) is 0 Å². The summed E-state index contributed by atoms with van der Waals surface area (Å²) < 4.78 is 42.5. The average molecular weight is 477 g/mol. The highest BCUT2D eigenvalue weighted by molar-refractivity contribution is 5.86. The first-order valence-corrected chi connectivity index (χ1v) is 11.3. The maximum absolute atomic E-state index is 14.5. The number of rotatable bonds is 6. The van der Waals surface area contributed by atoms with E-state index in [0.717, 1.165) is 11.9 Å². The molecular weight excluding hydrogens is 449 g/mol. The number of carbonyl (C=O) groups is 2. The van der Waals surface area contributed by atoms with Gasteiger partial charge < -0.3 is 20.9 Å². The summed E-state index contributed by atoms with van der Waals surface area (Å²) in [6, 6.07) is 1.58. The van der Waals surface area contributed by atoms with E-state index < -0.39 is 35.7 Å². The molecule has 2 saturated heterocycles. The molecule has 4 rings (SSSR count). The summed E-state index contributed by atoms with van der Waals surface area (Å²) in [5, 5.41) is 3.10. The third-order valence-electron chi connectivity index (χ3n) is 6.55. The molecule has 182 valence electrons. The van der Waals surface area contributed by atoms with Gasteiger partial charge in [-0.2, -0.15) is 8.78 Å². The molecule has 3 heterocycles. The van der Waals surface area contributed by atoms with Gasteiger partial charge in [-0.1, -0.05) is 6.92 Å². The molecule has 1 aromatic carbocycles. The van der Waals surface area contributed by atoms with Gasteiger partial charge >= 0.3 is 6.04 Å². The fraction of sp³-hybridized carbons (Fsp3) is 0.478. The smallest absolute Gasteiger partial charge is 0.306 e. The second kappa shape index (κ2) is 9.86. The Hall–Kier alpha value is -3.37. The number of nitrogens with two attached hydrogens (primary N) is 1. The molecule has 0 radical (unpaired) electrons. The zero-order chi connectivity index (χ0) is 24.4. The summed E-state index contributed by atoms with van der Waals surface area (Å²) >= 11 is 0. The van der Waals surface area contributed by atoms with Gasteiger partial charge in [-0.05, 0) is 49.4 Å². The summed E-state index contributed by atoms with van der Waals surface area (Å²) in [5.41, 5.74) is 6.84. The highest BCUT2D eigenvalue weighted by atomic mass is 19.1. The fourth-order valence-corrected chi connectivity index (χ4v) is 4.80. The molecule has 1 aromatic heterocycles. The van der Waals surface area contributed by atoms with E-state index in [0.29, 0.717) is 31.5 Å². The maximum Gasteiger partial charge on any atom is 0.306 e. The van der Waals surface area contributed by atoms with E-state index in [4.69, 9.17) is 5.73 Å². The molecule has 0 unspecified atom stereocenters. The van der Waals surface area contributed by atoms with Crippen molar-refractivity contribution >= 4 is 29.3 Å². The number of nitrogens with zero attached hydrogens (tertiary/aromatic N) is 4. The van der Waals surface area contributed by atoms with Crippen molar-refractivity contribution in [2.24, 2.45) is 5.92 Å². The van der Waals surface area contributed by atoms with Crippen LogP contribution in [0.15, 0.2) is 24.5 Å². The molecule has 3 N–H and O–H groups in total. The lowest BCUT2D eigenvalue weighted by Gasteiger charge is -2.45. The molecule has 1 amide bonds. The van der Waals surface area contributed by atoms with E-state index in [2.05, 4.69) is 15.3 Å². The van der Waals surface area contributed by atoms with E-state index in [1.165, 1.54) is 17.0 Å². The van der Waals surface area contributed by atoms with Gasteiger partial charge in [-0.15, -0.1) is 0 Å². The van der Waals surface area contributed by atoms with Crippen molar-refractivity contribution in [3.05, 3.63) is 41.7 Å². The molecule has 0 bridgehead atoms. The minimum absolute atomic E-state index is 0.0199. The number of nitrogen functional groups attached to an aromatic ring is 1. The van der Waals surface area contributed by atoms with Crippen LogP contribution in [0.5, 0.6) is 0 Å². The minimum atomic E-state index is -1.51. The Bertz CT molecular complexity index is 1080. The minimum Gasteiger partial charge on any atom is -0.381 e. The molecule has 0 aliphatic carbocycles. The number of hydrogen-bond acceptors (Lipinski definition) is 7. The lowest BCUT2D eigenvalue weighted by atomic mass is 9.88. The first-order chi connectivity index (χ1) is 16.3. The summed E-state index contributed by atoms with van der Waals surface area (Å²) in [7, 11) is 0. The normalized spacial score (nSPS) is 23.2. The maximum atomic E-state index is 14.5. The van der Waals surface area contributed by atoms with Crippen LogP contribution in [0.1, 0.15) is 31.7 Å². The summed E-state index contributed by atoms with van der Waals surface area (Å²) in [6.45, 7) is 2.43. The lowest BCUT2D eigenvalue weighted by Crippen LogP contribution is -2.60. The first kappa shape index (κ1) is 23.8. The molecule has 3 atom stereocenters. The van der Waals surface area contributed by atoms with E-state index in [-0.39, 0.29) is 37.1 Å². The summed E-state index contributed by atoms with van der Waals surface area (Å²) in [4.78, 5) is 35.8. The molecule has 11 heteroatoms. The molecule has 2 fully saturated rings. The summed E-state index contributed by atoms with van der Waals surface area (Å²) in [6.07, 6.45) is 2.98. The molecule has 0 saturated carbocycles. The van der Waals surface area contributed by atoms with Gasteiger partial charge in [-0.25, -0.2) is 14.4 Å². The standard InChI is InChI=1S/C23H27F3N6O2/c1-2-13-8-14(24)10-15(9-13)30-17-4-3-6-32(23(17)34)18-11-31(7-5-16(18)20(26)33)22-19(25)21(27)28-12-29-22/h8-10,12,16-18,30H,2-7,11H2,1H3,(H2,27,28,29)/t16-,17-,18-/m1/s1. The number of hydrogen-bond donors (Lipinski definition) is 2. The molecular formula is C23H27F3N6O2. The number of nitrogens with one attached hydrogen (secondary N) is 1. The Labute approximate surface area is 195 Å². The van der Waals surface area contributed by atoms with Crippen LogP contribution in [0.2, 0.25) is 0 Å². The van der Waals surface area contributed by atoms with Gasteiger partial charge in [0.05, 0.1) is 12.0 Å². The number of halogens is 3. The van der Waals surface area contributed by atoms with E-state index in [1.54, 1.807) is 11.0 Å². The van der Waals surface area contributed by atoms with Gasteiger partial charge in [0, 0.05) is 25.3 Å². The van der Waals surface area contributed by atoms with Crippen molar-refractivity contribution in [1.29, 1.82) is 0 Å². The molecule has 0 spiro atoms. The van der Waals surface area contributed by atoms with Gasteiger partial charge in [0.2, 0.25) is 11.7 Å². The Morgan fingerprint density at radius 2 is 2.00 bits per heavy atom. The van der Waals surface area contributed by atoms with Crippen LogP contribution >= 0.6 is 0 Å². The Morgan fingerprint density at radius 1 is 1.21 bits per heavy atom. The Balaban J connectivity index is 1.57. The molecule has 8 nitrogen and oxygen atoms in total. The number of aromatic nitrogens is 2. The largest absolute Gasteiger partial charge is 0.381 e. The average Bonchev–Trinajstić information content (AvgIpc) is 2.81. The predicted octanol–water partition coefficient (Wildman–Crippen LogP) is 2.69. The SMILES string of the molecule is CCc1cc(F)cc(N[C@@H]2CCCN([C@@H]3CN(c4ncnc(N)c4F)CC[C@H]3C(=O)F)C2=O)c1. The number of likely N-dealkylation sites (tertiary alicyclic amines) is 1. The number of benzene rings is 1. The van der Waals surface area contributed by atoms with E-state index in [1.807, 2.05) is 6.92 Å². The predicted molar refractivity (Wildman–Crippen MR) is 121 cm³/mol. The quantitative estimate of drug-likeness (QED) is 0.618. The van der Waals surface area contributed by atoms with E-state index in [9.17, 15) is 22.8 Å². The number of piperidine rings is 2. The Kier molecular flexibility index (Phi) is 6.90. The lowest BCUT2D eigenvalue weighted by molar-refractivity contribution is -0.143. The van der Waals surface area contributed by atoms with Gasteiger partial charge in [0.1, 0.15) is 18.2 Å².